The third-order valence-corrected chi connectivity index (χ3v) is 3.32. The van der Waals surface area contributed by atoms with Crippen LogP contribution in [0.5, 0.6) is 0 Å². The lowest BCUT2D eigenvalue weighted by Gasteiger charge is -2.24. The average molecular weight is 284 g/mol. The lowest BCUT2D eigenvalue weighted by molar-refractivity contribution is 0.0740. The van der Waals surface area contributed by atoms with Crippen LogP contribution in [0, 0.1) is 6.92 Å². The van der Waals surface area contributed by atoms with Crippen LogP contribution in [0.2, 0.25) is 0 Å². The lowest BCUT2D eigenvalue weighted by atomic mass is 10.1. The summed E-state index contributed by atoms with van der Waals surface area (Å²) in [6, 6.07) is 6.06. The van der Waals surface area contributed by atoms with Crippen LogP contribution in [0.15, 0.2) is 22.7 Å². The van der Waals surface area contributed by atoms with Gasteiger partial charge in [0, 0.05) is 23.1 Å². The van der Waals surface area contributed by atoms with Crippen molar-refractivity contribution in [3.8, 4) is 0 Å². The van der Waals surface area contributed by atoms with Crippen LogP contribution in [0.1, 0.15) is 36.2 Å². The van der Waals surface area contributed by atoms with Gasteiger partial charge in [-0.1, -0.05) is 22.9 Å². The molecule has 0 heterocycles. The molecule has 1 aromatic rings. The average Bonchev–Trinajstić information content (AvgIpc) is 2.24. The van der Waals surface area contributed by atoms with Crippen molar-refractivity contribution in [3.05, 3.63) is 33.8 Å². The van der Waals surface area contributed by atoms with Crippen molar-refractivity contribution < 1.29 is 4.79 Å². The van der Waals surface area contributed by atoms with Gasteiger partial charge < -0.3 is 4.90 Å². The van der Waals surface area contributed by atoms with Gasteiger partial charge in [0.2, 0.25) is 0 Å². The van der Waals surface area contributed by atoms with Gasteiger partial charge in [-0.25, -0.2) is 0 Å². The molecule has 1 atom stereocenters. The second-order valence-electron chi connectivity index (χ2n) is 4.19. The molecule has 1 amide bonds. The van der Waals surface area contributed by atoms with E-state index in [2.05, 4.69) is 29.8 Å². The SMILES string of the molecule is CCC(C)N(C)C(=O)c1cc(C)cc(Br)c1. The first-order valence-electron chi connectivity index (χ1n) is 5.50. The molecule has 88 valence electrons. The first-order valence-corrected chi connectivity index (χ1v) is 6.29. The monoisotopic (exact) mass is 283 g/mol. The first-order chi connectivity index (χ1) is 7.45. The molecule has 1 rings (SSSR count). The molecule has 0 aliphatic rings. The Morgan fingerprint density at radius 1 is 1.44 bits per heavy atom. The molecule has 0 radical (unpaired) electrons. The molecule has 1 unspecified atom stereocenters. The molecule has 0 bridgehead atoms. The number of carbonyl (C=O) groups excluding carboxylic acids is 1. The van der Waals surface area contributed by atoms with Crippen molar-refractivity contribution >= 4 is 21.8 Å². The molecule has 0 aromatic heterocycles. The third-order valence-electron chi connectivity index (χ3n) is 2.86. The van der Waals surface area contributed by atoms with Gasteiger partial charge in [-0.2, -0.15) is 0 Å². The van der Waals surface area contributed by atoms with Crippen molar-refractivity contribution in [2.75, 3.05) is 7.05 Å². The zero-order valence-corrected chi connectivity index (χ0v) is 11.8. The predicted octanol–water partition coefficient (Wildman–Crippen LogP) is 3.63. The van der Waals surface area contributed by atoms with Gasteiger partial charge in [0.15, 0.2) is 0 Å². The highest BCUT2D eigenvalue weighted by Gasteiger charge is 2.16. The van der Waals surface area contributed by atoms with Gasteiger partial charge in [-0.3, -0.25) is 4.79 Å². The Bertz CT molecular complexity index is 369. The van der Waals surface area contributed by atoms with E-state index >= 15 is 0 Å². The summed E-state index contributed by atoms with van der Waals surface area (Å²) in [6.45, 7) is 6.13. The largest absolute Gasteiger partial charge is 0.339 e. The number of amides is 1. The minimum Gasteiger partial charge on any atom is -0.339 e. The zero-order chi connectivity index (χ0) is 12.3. The summed E-state index contributed by atoms with van der Waals surface area (Å²) < 4.78 is 0.952. The van der Waals surface area contributed by atoms with E-state index in [9.17, 15) is 4.79 Å². The van der Waals surface area contributed by atoms with Crippen molar-refractivity contribution in [1.29, 1.82) is 0 Å². The zero-order valence-electron chi connectivity index (χ0n) is 10.2. The molecule has 1 aromatic carbocycles. The van der Waals surface area contributed by atoms with Crippen LogP contribution in [-0.4, -0.2) is 23.9 Å². The number of carbonyl (C=O) groups is 1. The molecule has 0 fully saturated rings. The van der Waals surface area contributed by atoms with Crippen LogP contribution in [0.3, 0.4) is 0 Å². The second kappa shape index (κ2) is 5.48. The van der Waals surface area contributed by atoms with E-state index in [1.54, 1.807) is 4.90 Å². The third kappa shape index (κ3) is 3.08. The Labute approximate surface area is 106 Å². The van der Waals surface area contributed by atoms with Gasteiger partial charge in [0.25, 0.3) is 5.91 Å². The summed E-state index contributed by atoms with van der Waals surface area (Å²) in [6.07, 6.45) is 0.967. The highest BCUT2D eigenvalue weighted by molar-refractivity contribution is 9.10. The Balaban J connectivity index is 2.96. The lowest BCUT2D eigenvalue weighted by Crippen LogP contribution is -2.34. The molecular formula is C13H18BrNO. The first kappa shape index (κ1) is 13.2. The summed E-state index contributed by atoms with van der Waals surface area (Å²) in [5.41, 5.74) is 1.84. The molecule has 0 spiro atoms. The van der Waals surface area contributed by atoms with Crippen LogP contribution in [0.4, 0.5) is 0 Å². The van der Waals surface area contributed by atoms with Crippen LogP contribution in [0.25, 0.3) is 0 Å². The molecule has 0 N–H and O–H groups in total. The molecule has 0 aliphatic carbocycles. The Kier molecular flexibility index (Phi) is 4.54. The normalized spacial score (nSPS) is 12.3. The fourth-order valence-corrected chi connectivity index (χ4v) is 2.15. The molecule has 0 saturated carbocycles. The van der Waals surface area contributed by atoms with E-state index in [1.807, 2.05) is 32.2 Å². The van der Waals surface area contributed by atoms with Gasteiger partial charge >= 0.3 is 0 Å². The number of hydrogen-bond donors (Lipinski definition) is 0. The van der Waals surface area contributed by atoms with E-state index in [0.717, 1.165) is 22.0 Å². The predicted molar refractivity (Wildman–Crippen MR) is 70.7 cm³/mol. The number of aryl methyl sites for hydroxylation is 1. The number of hydrogen-bond acceptors (Lipinski definition) is 1. The summed E-state index contributed by atoms with van der Waals surface area (Å²) in [7, 11) is 1.85. The van der Waals surface area contributed by atoms with Gasteiger partial charge in [-0.05, 0) is 44.0 Å². The maximum absolute atomic E-state index is 12.2. The summed E-state index contributed by atoms with van der Waals surface area (Å²) in [4.78, 5) is 13.9. The molecule has 2 nitrogen and oxygen atoms in total. The van der Waals surface area contributed by atoms with Crippen molar-refractivity contribution in [1.82, 2.24) is 4.90 Å². The Hall–Kier alpha value is -0.830. The van der Waals surface area contributed by atoms with Gasteiger partial charge in [0.05, 0.1) is 0 Å². The Morgan fingerprint density at radius 3 is 2.56 bits per heavy atom. The topological polar surface area (TPSA) is 20.3 Å². The van der Waals surface area contributed by atoms with Crippen LogP contribution in [-0.2, 0) is 0 Å². The Morgan fingerprint density at radius 2 is 2.06 bits per heavy atom. The second-order valence-corrected chi connectivity index (χ2v) is 5.11. The minimum atomic E-state index is 0.0822. The highest BCUT2D eigenvalue weighted by Crippen LogP contribution is 2.17. The maximum Gasteiger partial charge on any atom is 0.253 e. The summed E-state index contributed by atoms with van der Waals surface area (Å²) in [5.74, 6) is 0.0822. The van der Waals surface area contributed by atoms with Crippen molar-refractivity contribution in [3.63, 3.8) is 0 Å². The fourth-order valence-electron chi connectivity index (χ4n) is 1.54. The van der Waals surface area contributed by atoms with E-state index in [4.69, 9.17) is 0 Å². The quantitative estimate of drug-likeness (QED) is 0.830. The van der Waals surface area contributed by atoms with Gasteiger partial charge in [-0.15, -0.1) is 0 Å². The molecule has 0 aliphatic heterocycles. The van der Waals surface area contributed by atoms with E-state index in [0.29, 0.717) is 0 Å². The fraction of sp³-hybridized carbons (Fsp3) is 0.462. The van der Waals surface area contributed by atoms with Gasteiger partial charge in [0.1, 0.15) is 0 Å². The van der Waals surface area contributed by atoms with E-state index < -0.39 is 0 Å². The summed E-state index contributed by atoms with van der Waals surface area (Å²) in [5, 5.41) is 0. The maximum atomic E-state index is 12.2. The number of benzene rings is 1. The number of nitrogens with zero attached hydrogens (tertiary/aromatic N) is 1. The summed E-state index contributed by atoms with van der Waals surface area (Å²) >= 11 is 3.41. The molecule has 3 heteroatoms. The molecule has 0 saturated heterocycles. The van der Waals surface area contributed by atoms with Crippen molar-refractivity contribution in [2.24, 2.45) is 0 Å². The standard InChI is InChI=1S/C13H18BrNO/c1-5-10(3)15(4)13(16)11-6-9(2)7-12(14)8-11/h6-8,10H,5H2,1-4H3. The van der Waals surface area contributed by atoms with Crippen LogP contribution < -0.4 is 0 Å². The molecular weight excluding hydrogens is 266 g/mol. The van der Waals surface area contributed by atoms with Crippen molar-refractivity contribution in [2.45, 2.75) is 33.2 Å². The highest BCUT2D eigenvalue weighted by atomic mass is 79.9. The number of halogens is 1. The van der Waals surface area contributed by atoms with E-state index in [1.165, 1.54) is 0 Å². The van der Waals surface area contributed by atoms with E-state index in [-0.39, 0.29) is 11.9 Å². The number of rotatable bonds is 3. The smallest absolute Gasteiger partial charge is 0.253 e. The van der Waals surface area contributed by atoms with Crippen LogP contribution >= 0.6 is 15.9 Å². The minimum absolute atomic E-state index is 0.0822. The molecule has 16 heavy (non-hydrogen) atoms.